The molecule has 0 aliphatic heterocycles. The average molecular weight is 220 g/mol. The lowest BCUT2D eigenvalue weighted by molar-refractivity contribution is 0.382. The Hall–Kier alpha value is -0.130. The molecule has 0 saturated heterocycles. The molecule has 1 rings (SSSR count). The van der Waals surface area contributed by atoms with Crippen LogP contribution in [0.15, 0.2) is 0 Å². The molecule has 1 aliphatic rings. The van der Waals surface area contributed by atoms with Crippen LogP contribution < -0.4 is 5.73 Å². The van der Waals surface area contributed by atoms with Crippen molar-refractivity contribution >= 4 is 10.0 Å². The van der Waals surface area contributed by atoms with Crippen LogP contribution in [0.25, 0.3) is 0 Å². The number of nitrogens with zero attached hydrogens (tertiary/aromatic N) is 1. The molecule has 1 atom stereocenters. The maximum Gasteiger partial charge on any atom is 0.216 e. The highest BCUT2D eigenvalue weighted by Crippen LogP contribution is 2.30. The lowest BCUT2D eigenvalue weighted by Crippen LogP contribution is -2.42. The first-order valence-electron chi connectivity index (χ1n) is 5.06. The Labute approximate surface area is 86.5 Å². The van der Waals surface area contributed by atoms with E-state index in [1.165, 1.54) is 4.31 Å². The van der Waals surface area contributed by atoms with Gasteiger partial charge in [-0.05, 0) is 18.8 Å². The topological polar surface area (TPSA) is 63.4 Å². The van der Waals surface area contributed by atoms with Crippen LogP contribution in [0, 0.1) is 5.92 Å². The van der Waals surface area contributed by atoms with Crippen LogP contribution in [-0.4, -0.2) is 37.6 Å². The fourth-order valence-electron chi connectivity index (χ4n) is 1.23. The second kappa shape index (κ2) is 4.16. The molecule has 0 radical (unpaired) electrons. The first kappa shape index (κ1) is 11.9. The minimum absolute atomic E-state index is 0.0754. The third-order valence-electron chi connectivity index (χ3n) is 2.70. The minimum Gasteiger partial charge on any atom is -0.326 e. The number of hydrogen-bond donors (Lipinski definition) is 1. The van der Waals surface area contributed by atoms with Crippen LogP contribution >= 0.6 is 0 Å². The molecule has 0 heterocycles. The first-order chi connectivity index (χ1) is 6.35. The van der Waals surface area contributed by atoms with Gasteiger partial charge in [-0.2, -0.15) is 0 Å². The van der Waals surface area contributed by atoms with Crippen LogP contribution in [0.1, 0.15) is 26.7 Å². The van der Waals surface area contributed by atoms with Gasteiger partial charge in [0.05, 0.1) is 5.25 Å². The summed E-state index contributed by atoms with van der Waals surface area (Å²) in [5.41, 5.74) is 5.83. The fourth-order valence-corrected chi connectivity index (χ4v) is 2.85. The Morgan fingerprint density at radius 1 is 1.43 bits per heavy atom. The molecule has 1 aliphatic carbocycles. The normalized spacial score (nSPS) is 20.4. The maximum atomic E-state index is 11.7. The lowest BCUT2D eigenvalue weighted by atomic mass is 10.1. The fraction of sp³-hybridized carbons (Fsp3) is 1.00. The Kier molecular flexibility index (Phi) is 3.55. The van der Waals surface area contributed by atoms with Gasteiger partial charge in [-0.3, -0.25) is 0 Å². The zero-order valence-corrected chi connectivity index (χ0v) is 9.92. The lowest BCUT2D eigenvalue weighted by Gasteiger charge is -2.23. The number of nitrogens with two attached hydrogens (primary N) is 1. The molecule has 0 amide bonds. The van der Waals surface area contributed by atoms with Crippen molar-refractivity contribution in [1.29, 1.82) is 0 Å². The van der Waals surface area contributed by atoms with Crippen LogP contribution in [0.3, 0.4) is 0 Å². The van der Waals surface area contributed by atoms with Crippen molar-refractivity contribution in [3.63, 3.8) is 0 Å². The summed E-state index contributed by atoms with van der Waals surface area (Å²) in [5, 5.41) is -0.133. The van der Waals surface area contributed by atoms with Gasteiger partial charge < -0.3 is 5.73 Å². The molecule has 0 unspecified atom stereocenters. The molecule has 0 aromatic heterocycles. The summed E-state index contributed by atoms with van der Waals surface area (Å²) in [6.07, 6.45) is 1.62. The molecule has 0 aromatic carbocycles. The van der Waals surface area contributed by atoms with E-state index in [0.717, 1.165) is 12.8 Å². The van der Waals surface area contributed by atoms with Crippen molar-refractivity contribution in [3.05, 3.63) is 0 Å². The number of sulfonamides is 1. The molecule has 1 saturated carbocycles. The van der Waals surface area contributed by atoms with Crippen molar-refractivity contribution in [3.8, 4) is 0 Å². The zero-order valence-electron chi connectivity index (χ0n) is 9.10. The quantitative estimate of drug-likeness (QED) is 0.729. The van der Waals surface area contributed by atoms with E-state index in [4.69, 9.17) is 5.73 Å². The van der Waals surface area contributed by atoms with E-state index >= 15 is 0 Å². The van der Waals surface area contributed by atoms with E-state index in [2.05, 4.69) is 0 Å². The first-order valence-corrected chi connectivity index (χ1v) is 6.56. The Bertz CT molecular complexity index is 283. The third-order valence-corrected chi connectivity index (χ3v) is 5.04. The van der Waals surface area contributed by atoms with Gasteiger partial charge in [-0.1, -0.05) is 13.8 Å². The van der Waals surface area contributed by atoms with Gasteiger partial charge in [0, 0.05) is 19.6 Å². The minimum atomic E-state index is -3.04. The standard InChI is InChI=1S/C9H20N2O2S/c1-7(2)9(10)6-11(3)14(12,13)8-4-5-8/h7-9H,4-6,10H2,1-3H3/t9-/m1/s1. The van der Waals surface area contributed by atoms with Crippen molar-refractivity contribution in [1.82, 2.24) is 4.31 Å². The molecule has 14 heavy (non-hydrogen) atoms. The molecular formula is C9H20N2O2S. The van der Waals surface area contributed by atoms with E-state index < -0.39 is 10.0 Å². The molecular weight excluding hydrogens is 200 g/mol. The van der Waals surface area contributed by atoms with Gasteiger partial charge in [0.25, 0.3) is 0 Å². The van der Waals surface area contributed by atoms with Crippen LogP contribution in [0.4, 0.5) is 0 Å². The summed E-state index contributed by atoms with van der Waals surface area (Å²) in [7, 11) is -1.42. The molecule has 0 aromatic rings. The molecule has 84 valence electrons. The largest absolute Gasteiger partial charge is 0.326 e. The highest BCUT2D eigenvalue weighted by atomic mass is 32.2. The molecule has 4 nitrogen and oxygen atoms in total. The van der Waals surface area contributed by atoms with E-state index in [9.17, 15) is 8.42 Å². The predicted molar refractivity (Wildman–Crippen MR) is 57.4 cm³/mol. The maximum absolute atomic E-state index is 11.7. The Morgan fingerprint density at radius 2 is 1.93 bits per heavy atom. The summed E-state index contributed by atoms with van der Waals surface area (Å²) >= 11 is 0. The van der Waals surface area contributed by atoms with Crippen LogP contribution in [0.5, 0.6) is 0 Å². The van der Waals surface area contributed by atoms with Crippen molar-refractivity contribution in [2.75, 3.05) is 13.6 Å². The van der Waals surface area contributed by atoms with Gasteiger partial charge in [-0.25, -0.2) is 12.7 Å². The van der Waals surface area contributed by atoms with Crippen molar-refractivity contribution < 1.29 is 8.42 Å². The Morgan fingerprint density at radius 3 is 2.29 bits per heavy atom. The summed E-state index contributed by atoms with van der Waals surface area (Å²) in [4.78, 5) is 0. The SMILES string of the molecule is CC(C)[C@H](N)CN(C)S(=O)(=O)C1CC1. The van der Waals surface area contributed by atoms with Crippen LogP contribution in [0.2, 0.25) is 0 Å². The molecule has 1 fully saturated rings. The van der Waals surface area contributed by atoms with Gasteiger partial charge in [0.1, 0.15) is 0 Å². The summed E-state index contributed by atoms with van der Waals surface area (Å²) < 4.78 is 24.9. The van der Waals surface area contributed by atoms with Gasteiger partial charge >= 0.3 is 0 Å². The van der Waals surface area contributed by atoms with E-state index in [0.29, 0.717) is 12.5 Å². The third kappa shape index (κ3) is 2.68. The second-order valence-corrected chi connectivity index (χ2v) is 6.75. The average Bonchev–Trinajstić information content (AvgIpc) is 2.85. The predicted octanol–water partition coefficient (Wildman–Crippen LogP) is 0.394. The van der Waals surface area contributed by atoms with Gasteiger partial charge in [0.15, 0.2) is 0 Å². The molecule has 0 bridgehead atoms. The van der Waals surface area contributed by atoms with E-state index in [1.807, 2.05) is 13.8 Å². The highest BCUT2D eigenvalue weighted by molar-refractivity contribution is 7.90. The summed E-state index contributed by atoms with van der Waals surface area (Å²) in [6.45, 7) is 4.43. The van der Waals surface area contributed by atoms with Crippen molar-refractivity contribution in [2.24, 2.45) is 11.7 Å². The molecule has 0 spiro atoms. The van der Waals surface area contributed by atoms with Crippen LogP contribution in [-0.2, 0) is 10.0 Å². The molecule has 5 heteroatoms. The number of likely N-dealkylation sites (N-methyl/N-ethyl adjacent to an activating group) is 1. The zero-order chi connectivity index (χ0) is 10.9. The van der Waals surface area contributed by atoms with E-state index in [-0.39, 0.29) is 11.3 Å². The summed E-state index contributed by atoms with van der Waals surface area (Å²) in [6, 6.07) is -0.0754. The van der Waals surface area contributed by atoms with Gasteiger partial charge in [0.2, 0.25) is 10.0 Å². The monoisotopic (exact) mass is 220 g/mol. The second-order valence-electron chi connectivity index (χ2n) is 4.43. The van der Waals surface area contributed by atoms with Gasteiger partial charge in [-0.15, -0.1) is 0 Å². The highest BCUT2D eigenvalue weighted by Gasteiger charge is 2.38. The summed E-state index contributed by atoms with van der Waals surface area (Å²) in [5.74, 6) is 0.312. The number of hydrogen-bond acceptors (Lipinski definition) is 3. The van der Waals surface area contributed by atoms with Crippen molar-refractivity contribution in [2.45, 2.75) is 38.0 Å². The number of rotatable bonds is 5. The molecule has 2 N–H and O–H groups in total. The van der Waals surface area contributed by atoms with E-state index in [1.54, 1.807) is 7.05 Å². The Balaban J connectivity index is 2.53. The smallest absolute Gasteiger partial charge is 0.216 e.